The van der Waals surface area contributed by atoms with Gasteiger partial charge in [0, 0.05) is 16.2 Å². The van der Waals surface area contributed by atoms with E-state index in [4.69, 9.17) is 4.74 Å². The van der Waals surface area contributed by atoms with E-state index in [-0.39, 0.29) is 0 Å². The maximum atomic E-state index is 9.69. The third-order valence-electron chi connectivity index (χ3n) is 4.20. The van der Waals surface area contributed by atoms with Crippen LogP contribution in [0.15, 0.2) is 22.7 Å². The number of hydrogen-bond donors (Lipinski definition) is 1. The van der Waals surface area contributed by atoms with Crippen molar-refractivity contribution < 1.29 is 4.74 Å². The van der Waals surface area contributed by atoms with Crippen LogP contribution in [0.25, 0.3) is 0 Å². The predicted octanol–water partition coefficient (Wildman–Crippen LogP) is 6.03. The lowest BCUT2D eigenvalue weighted by Gasteiger charge is -2.19. The van der Waals surface area contributed by atoms with E-state index < -0.39 is 0 Å². The smallest absolute Gasteiger partial charge is 0.239 e. The summed E-state index contributed by atoms with van der Waals surface area (Å²) in [6.07, 6.45) is 1.98. The zero-order chi connectivity index (χ0) is 18.6. The highest BCUT2D eigenvalue weighted by Crippen LogP contribution is 2.34. The van der Waals surface area contributed by atoms with Gasteiger partial charge in [0.15, 0.2) is 0 Å². The normalized spacial score (nSPS) is 10.6. The molecule has 0 bridgehead atoms. The molecule has 25 heavy (non-hydrogen) atoms. The first kappa shape index (κ1) is 19.3. The summed E-state index contributed by atoms with van der Waals surface area (Å²) >= 11 is 3.49. The molecule has 0 fully saturated rings. The van der Waals surface area contributed by atoms with Crippen LogP contribution in [0.5, 0.6) is 11.6 Å². The highest BCUT2D eigenvalue weighted by Gasteiger charge is 2.17. The van der Waals surface area contributed by atoms with Gasteiger partial charge in [-0.1, -0.05) is 29.8 Å². The van der Waals surface area contributed by atoms with Crippen LogP contribution in [0.1, 0.15) is 49.1 Å². The van der Waals surface area contributed by atoms with Gasteiger partial charge in [0.1, 0.15) is 17.4 Å². The Labute approximate surface area is 158 Å². The van der Waals surface area contributed by atoms with Gasteiger partial charge in [0.25, 0.3) is 0 Å². The van der Waals surface area contributed by atoms with E-state index in [9.17, 15) is 5.26 Å². The van der Waals surface area contributed by atoms with Crippen molar-refractivity contribution in [1.82, 2.24) is 4.98 Å². The van der Waals surface area contributed by atoms with Crippen molar-refractivity contribution in [2.75, 3.05) is 5.32 Å². The number of rotatable bonds is 6. The zero-order valence-corrected chi connectivity index (χ0v) is 17.0. The number of aromatic nitrogens is 1. The molecule has 0 aliphatic heterocycles. The molecule has 4 nitrogen and oxygen atoms in total. The Balaban J connectivity index is 2.48. The molecule has 1 aromatic carbocycles. The lowest BCUT2D eigenvalue weighted by molar-refractivity contribution is 0.453. The lowest BCUT2D eigenvalue weighted by atomic mass is 10.1. The van der Waals surface area contributed by atoms with Gasteiger partial charge in [-0.25, -0.2) is 4.98 Å². The number of aryl methyl sites for hydroxylation is 3. The topological polar surface area (TPSA) is 57.9 Å². The van der Waals surface area contributed by atoms with Gasteiger partial charge in [-0.3, -0.25) is 0 Å². The summed E-state index contributed by atoms with van der Waals surface area (Å²) in [5, 5.41) is 13.1. The molecule has 0 saturated heterocycles. The fourth-order valence-electron chi connectivity index (χ4n) is 2.81. The number of nitrogens with one attached hydrogen (secondary N) is 1. The molecular weight excluding hydrogens is 378 g/mol. The minimum Gasteiger partial charge on any atom is -0.437 e. The Morgan fingerprint density at radius 3 is 2.28 bits per heavy atom. The van der Waals surface area contributed by atoms with Crippen molar-refractivity contribution in [3.63, 3.8) is 0 Å². The third kappa shape index (κ3) is 4.52. The quantitative estimate of drug-likeness (QED) is 0.641. The largest absolute Gasteiger partial charge is 0.437 e. The molecule has 0 aliphatic carbocycles. The zero-order valence-electron chi connectivity index (χ0n) is 15.4. The second kappa shape index (κ2) is 8.35. The summed E-state index contributed by atoms with van der Waals surface area (Å²) in [6, 6.07) is 8.47. The van der Waals surface area contributed by atoms with E-state index in [1.54, 1.807) is 0 Å². The third-order valence-corrected chi connectivity index (χ3v) is 4.65. The molecule has 5 heteroatoms. The van der Waals surface area contributed by atoms with E-state index in [1.165, 1.54) is 0 Å². The number of benzene rings is 1. The Kier molecular flexibility index (Phi) is 6.44. The molecular formula is C20H24BrN3O. The van der Waals surface area contributed by atoms with Gasteiger partial charge in [0.05, 0.1) is 5.69 Å². The van der Waals surface area contributed by atoms with Crippen LogP contribution in [0, 0.1) is 32.1 Å². The molecule has 1 heterocycles. The van der Waals surface area contributed by atoms with Crippen LogP contribution in [-0.4, -0.2) is 11.0 Å². The molecule has 0 spiro atoms. The highest BCUT2D eigenvalue weighted by molar-refractivity contribution is 9.10. The van der Waals surface area contributed by atoms with E-state index in [1.807, 2.05) is 39.0 Å². The molecule has 0 atom stereocenters. The minimum atomic E-state index is 0.318. The number of halogens is 1. The molecule has 1 N–H and O–H groups in total. The summed E-state index contributed by atoms with van der Waals surface area (Å²) in [6.45, 7) is 10.1. The standard InChI is InChI=1S/C20H24BrN3O/c1-6-16(7-2)24-18-10-14(5)23-20(17(18)11-22)25-19-12(3)8-15(21)9-13(19)4/h8-10,16H,6-7H2,1-5H3,(H,23,24). The van der Waals surface area contributed by atoms with Crippen molar-refractivity contribution >= 4 is 21.6 Å². The van der Waals surface area contributed by atoms with E-state index in [2.05, 4.69) is 46.1 Å². The Morgan fingerprint density at radius 1 is 1.16 bits per heavy atom. The van der Waals surface area contributed by atoms with Crippen molar-refractivity contribution in [3.05, 3.63) is 45.1 Å². The van der Waals surface area contributed by atoms with E-state index >= 15 is 0 Å². The molecule has 0 radical (unpaired) electrons. The van der Waals surface area contributed by atoms with Gasteiger partial charge in [-0.2, -0.15) is 5.26 Å². The summed E-state index contributed by atoms with van der Waals surface area (Å²) in [4.78, 5) is 4.47. The van der Waals surface area contributed by atoms with Crippen molar-refractivity contribution in [1.29, 1.82) is 5.26 Å². The van der Waals surface area contributed by atoms with Gasteiger partial charge in [-0.05, 0) is 62.9 Å². The first-order chi connectivity index (χ1) is 11.9. The van der Waals surface area contributed by atoms with Crippen LogP contribution in [0.2, 0.25) is 0 Å². The lowest BCUT2D eigenvalue weighted by Crippen LogP contribution is -2.18. The fraction of sp³-hybridized carbons (Fsp3) is 0.400. The first-order valence-electron chi connectivity index (χ1n) is 8.52. The maximum Gasteiger partial charge on any atom is 0.239 e. The Morgan fingerprint density at radius 2 is 1.76 bits per heavy atom. The fourth-order valence-corrected chi connectivity index (χ4v) is 3.49. The van der Waals surface area contributed by atoms with Gasteiger partial charge < -0.3 is 10.1 Å². The summed E-state index contributed by atoms with van der Waals surface area (Å²) in [5.41, 5.74) is 4.03. The molecule has 0 saturated carbocycles. The minimum absolute atomic E-state index is 0.318. The molecule has 0 unspecified atom stereocenters. The monoisotopic (exact) mass is 401 g/mol. The van der Waals surface area contributed by atoms with Crippen molar-refractivity contribution in [2.45, 2.75) is 53.5 Å². The van der Waals surface area contributed by atoms with Crippen LogP contribution in [0.4, 0.5) is 5.69 Å². The summed E-state index contributed by atoms with van der Waals surface area (Å²) < 4.78 is 7.10. The second-order valence-electron chi connectivity index (χ2n) is 6.23. The first-order valence-corrected chi connectivity index (χ1v) is 9.31. The number of anilines is 1. The van der Waals surface area contributed by atoms with Crippen LogP contribution >= 0.6 is 15.9 Å². The van der Waals surface area contributed by atoms with Crippen LogP contribution < -0.4 is 10.1 Å². The van der Waals surface area contributed by atoms with Crippen LogP contribution in [0.3, 0.4) is 0 Å². The number of pyridine rings is 1. The van der Waals surface area contributed by atoms with Gasteiger partial charge >= 0.3 is 0 Å². The van der Waals surface area contributed by atoms with E-state index in [0.29, 0.717) is 17.5 Å². The molecule has 0 aliphatic rings. The number of nitrogens with zero attached hydrogens (tertiary/aromatic N) is 2. The Hall–Kier alpha value is -2.06. The average Bonchev–Trinajstić information content (AvgIpc) is 2.55. The average molecular weight is 402 g/mol. The Bertz CT molecular complexity index is 784. The number of ether oxygens (including phenoxy) is 1. The number of hydrogen-bond acceptors (Lipinski definition) is 4. The van der Waals surface area contributed by atoms with E-state index in [0.717, 1.165) is 45.6 Å². The second-order valence-corrected chi connectivity index (χ2v) is 7.15. The maximum absolute atomic E-state index is 9.69. The number of nitriles is 1. The molecule has 0 amide bonds. The molecule has 2 rings (SSSR count). The van der Waals surface area contributed by atoms with Gasteiger partial charge in [-0.15, -0.1) is 0 Å². The van der Waals surface area contributed by atoms with Crippen LogP contribution in [-0.2, 0) is 0 Å². The highest BCUT2D eigenvalue weighted by atomic mass is 79.9. The SMILES string of the molecule is CCC(CC)Nc1cc(C)nc(Oc2c(C)cc(Br)cc2C)c1C#N. The molecule has 1 aromatic heterocycles. The van der Waals surface area contributed by atoms with Crippen molar-refractivity contribution in [2.24, 2.45) is 0 Å². The van der Waals surface area contributed by atoms with Crippen molar-refractivity contribution in [3.8, 4) is 17.7 Å². The predicted molar refractivity (Wildman–Crippen MR) is 105 cm³/mol. The van der Waals surface area contributed by atoms with Gasteiger partial charge in [0.2, 0.25) is 5.88 Å². The summed E-state index contributed by atoms with van der Waals surface area (Å²) in [7, 11) is 0. The molecule has 2 aromatic rings. The molecule has 132 valence electrons. The summed E-state index contributed by atoms with van der Waals surface area (Å²) in [5.74, 6) is 1.09.